The zero-order valence-electron chi connectivity index (χ0n) is 9.22. The number of hydrogen-bond donors (Lipinski definition) is 1. The number of methoxy groups -OCH3 is 1. The van der Waals surface area contributed by atoms with Crippen LogP contribution in [0.3, 0.4) is 0 Å². The molecule has 1 aliphatic carbocycles. The fourth-order valence-electron chi connectivity index (χ4n) is 1.84. The third-order valence-corrected chi connectivity index (χ3v) is 4.02. The second-order valence-corrected chi connectivity index (χ2v) is 5.86. The van der Waals surface area contributed by atoms with Crippen molar-refractivity contribution < 1.29 is 4.74 Å². The van der Waals surface area contributed by atoms with E-state index in [9.17, 15) is 0 Å². The first-order valence-electron chi connectivity index (χ1n) is 5.46. The minimum absolute atomic E-state index is 0.697. The Morgan fingerprint density at radius 1 is 1.38 bits per heavy atom. The van der Waals surface area contributed by atoms with Crippen LogP contribution in [0.25, 0.3) is 0 Å². The number of ether oxygens (including phenoxy) is 1. The molecule has 4 heteroatoms. The van der Waals surface area contributed by atoms with Gasteiger partial charge in [-0.25, -0.2) is 0 Å². The molecule has 0 spiro atoms. The first-order valence-corrected chi connectivity index (χ1v) is 7.04. The lowest BCUT2D eigenvalue weighted by molar-refractivity contribution is 0.334. The van der Waals surface area contributed by atoms with Gasteiger partial charge in [0.2, 0.25) is 0 Å². The van der Waals surface area contributed by atoms with Crippen LogP contribution < -0.4 is 10.1 Å². The summed E-state index contributed by atoms with van der Waals surface area (Å²) < 4.78 is 7.48. The van der Waals surface area contributed by atoms with Crippen LogP contribution in [0.15, 0.2) is 21.1 Å². The summed E-state index contributed by atoms with van der Waals surface area (Å²) >= 11 is 7.01. The zero-order valence-corrected chi connectivity index (χ0v) is 12.4. The molecule has 0 amide bonds. The van der Waals surface area contributed by atoms with Crippen molar-refractivity contribution in [2.24, 2.45) is 0 Å². The maximum atomic E-state index is 5.41. The smallest absolute Gasteiger partial charge is 0.137 e. The maximum Gasteiger partial charge on any atom is 0.137 e. The van der Waals surface area contributed by atoms with Crippen molar-refractivity contribution >= 4 is 31.9 Å². The largest absolute Gasteiger partial charge is 0.495 e. The summed E-state index contributed by atoms with van der Waals surface area (Å²) in [6.07, 6.45) is 3.96. The standard InChI is InChI=1S/C12H15Br2NO/c1-16-12-8(5-9(13)6-11(12)14)7-15-10-3-2-4-10/h5-6,10,15H,2-4,7H2,1H3. The van der Waals surface area contributed by atoms with Crippen molar-refractivity contribution in [1.82, 2.24) is 5.32 Å². The molecule has 1 aromatic rings. The van der Waals surface area contributed by atoms with E-state index < -0.39 is 0 Å². The maximum absolute atomic E-state index is 5.41. The Kier molecular flexibility index (Phi) is 4.27. The van der Waals surface area contributed by atoms with E-state index >= 15 is 0 Å². The Labute approximate surface area is 113 Å². The van der Waals surface area contributed by atoms with Crippen molar-refractivity contribution in [1.29, 1.82) is 0 Å². The highest BCUT2D eigenvalue weighted by atomic mass is 79.9. The predicted molar refractivity (Wildman–Crippen MR) is 72.9 cm³/mol. The quantitative estimate of drug-likeness (QED) is 0.891. The number of nitrogens with one attached hydrogen (secondary N) is 1. The van der Waals surface area contributed by atoms with Crippen LogP contribution >= 0.6 is 31.9 Å². The molecule has 0 aromatic heterocycles. The van der Waals surface area contributed by atoms with Gasteiger partial charge in [0.05, 0.1) is 11.6 Å². The summed E-state index contributed by atoms with van der Waals surface area (Å²) in [5.74, 6) is 0.926. The molecule has 2 nitrogen and oxygen atoms in total. The highest BCUT2D eigenvalue weighted by Crippen LogP contribution is 2.33. The van der Waals surface area contributed by atoms with Crippen LogP contribution in [0.2, 0.25) is 0 Å². The van der Waals surface area contributed by atoms with E-state index in [1.165, 1.54) is 24.8 Å². The van der Waals surface area contributed by atoms with Crippen LogP contribution in [0, 0.1) is 0 Å². The lowest BCUT2D eigenvalue weighted by Crippen LogP contribution is -2.34. The molecule has 0 radical (unpaired) electrons. The van der Waals surface area contributed by atoms with Gasteiger partial charge in [-0.1, -0.05) is 22.4 Å². The first-order chi connectivity index (χ1) is 7.70. The fourth-order valence-corrected chi connectivity index (χ4v) is 3.32. The molecule has 1 N–H and O–H groups in total. The Hall–Kier alpha value is -0.0600. The van der Waals surface area contributed by atoms with Crippen LogP contribution in [0.4, 0.5) is 0 Å². The lowest BCUT2D eigenvalue weighted by atomic mass is 9.93. The third kappa shape index (κ3) is 2.79. The summed E-state index contributed by atoms with van der Waals surface area (Å²) in [4.78, 5) is 0. The lowest BCUT2D eigenvalue weighted by Gasteiger charge is -2.27. The molecule has 88 valence electrons. The molecular weight excluding hydrogens is 334 g/mol. The van der Waals surface area contributed by atoms with Crippen LogP contribution in [0.1, 0.15) is 24.8 Å². The van der Waals surface area contributed by atoms with E-state index in [4.69, 9.17) is 4.74 Å². The highest BCUT2D eigenvalue weighted by Gasteiger charge is 2.17. The molecule has 16 heavy (non-hydrogen) atoms. The zero-order chi connectivity index (χ0) is 11.5. The van der Waals surface area contributed by atoms with Crippen LogP contribution in [-0.2, 0) is 6.54 Å². The molecule has 0 atom stereocenters. The SMILES string of the molecule is COc1c(Br)cc(Br)cc1CNC1CCC1. The minimum Gasteiger partial charge on any atom is -0.495 e. The molecule has 2 rings (SSSR count). The molecule has 0 bridgehead atoms. The van der Waals surface area contributed by atoms with Crippen molar-refractivity contribution in [3.05, 3.63) is 26.6 Å². The van der Waals surface area contributed by atoms with Gasteiger partial charge >= 0.3 is 0 Å². The van der Waals surface area contributed by atoms with Crippen LogP contribution in [0.5, 0.6) is 5.75 Å². The minimum atomic E-state index is 0.697. The van der Waals surface area contributed by atoms with Gasteiger partial charge in [-0.2, -0.15) is 0 Å². The first kappa shape index (κ1) is 12.4. The fraction of sp³-hybridized carbons (Fsp3) is 0.500. The summed E-state index contributed by atoms with van der Waals surface area (Å²) in [5.41, 5.74) is 1.19. The van der Waals surface area contributed by atoms with Gasteiger partial charge in [-0.15, -0.1) is 0 Å². The van der Waals surface area contributed by atoms with Gasteiger partial charge in [0.25, 0.3) is 0 Å². The third-order valence-electron chi connectivity index (χ3n) is 2.98. The van der Waals surface area contributed by atoms with E-state index in [0.29, 0.717) is 6.04 Å². The summed E-state index contributed by atoms with van der Waals surface area (Å²) in [6.45, 7) is 0.867. The Morgan fingerprint density at radius 3 is 2.69 bits per heavy atom. The summed E-state index contributed by atoms with van der Waals surface area (Å²) in [7, 11) is 1.71. The van der Waals surface area contributed by atoms with Crippen molar-refractivity contribution in [3.63, 3.8) is 0 Å². The molecule has 0 heterocycles. The normalized spacial score (nSPS) is 15.9. The molecule has 0 unspecified atom stereocenters. The summed E-state index contributed by atoms with van der Waals surface area (Å²) in [6, 6.07) is 4.81. The number of rotatable bonds is 4. The van der Waals surface area contributed by atoms with Crippen molar-refractivity contribution in [2.45, 2.75) is 31.8 Å². The topological polar surface area (TPSA) is 21.3 Å². The van der Waals surface area contributed by atoms with Gasteiger partial charge in [0.15, 0.2) is 0 Å². The van der Waals surface area contributed by atoms with Gasteiger partial charge in [-0.3, -0.25) is 0 Å². The van der Waals surface area contributed by atoms with E-state index in [0.717, 1.165) is 21.2 Å². The molecule has 1 saturated carbocycles. The Morgan fingerprint density at radius 2 is 2.12 bits per heavy atom. The van der Waals surface area contributed by atoms with Crippen molar-refractivity contribution in [2.75, 3.05) is 7.11 Å². The number of benzene rings is 1. The number of hydrogen-bond acceptors (Lipinski definition) is 2. The summed E-state index contributed by atoms with van der Waals surface area (Å²) in [5, 5.41) is 3.54. The molecular formula is C12H15Br2NO. The highest BCUT2D eigenvalue weighted by molar-refractivity contribution is 9.11. The van der Waals surface area contributed by atoms with Gasteiger partial charge < -0.3 is 10.1 Å². The predicted octanol–water partition coefficient (Wildman–Crippen LogP) is 3.86. The molecule has 1 aromatic carbocycles. The van der Waals surface area contributed by atoms with Gasteiger partial charge in [0.1, 0.15) is 5.75 Å². The van der Waals surface area contributed by atoms with E-state index in [1.807, 2.05) is 6.07 Å². The average Bonchev–Trinajstić information content (AvgIpc) is 2.14. The van der Waals surface area contributed by atoms with E-state index in [1.54, 1.807) is 7.11 Å². The van der Waals surface area contributed by atoms with Gasteiger partial charge in [0, 0.05) is 22.6 Å². The van der Waals surface area contributed by atoms with Crippen molar-refractivity contribution in [3.8, 4) is 5.75 Å². The molecule has 0 aliphatic heterocycles. The molecule has 1 aliphatic rings. The van der Waals surface area contributed by atoms with E-state index in [2.05, 4.69) is 43.2 Å². The molecule has 0 saturated heterocycles. The average molecular weight is 349 g/mol. The number of halogens is 2. The second-order valence-electron chi connectivity index (χ2n) is 4.09. The second kappa shape index (κ2) is 5.52. The van der Waals surface area contributed by atoms with Gasteiger partial charge in [-0.05, 0) is 40.9 Å². The van der Waals surface area contributed by atoms with Crippen LogP contribution in [-0.4, -0.2) is 13.2 Å². The molecule has 1 fully saturated rings. The Bertz CT molecular complexity index is 378. The van der Waals surface area contributed by atoms with E-state index in [-0.39, 0.29) is 0 Å². The monoisotopic (exact) mass is 347 g/mol. The Balaban J connectivity index is 2.10.